The van der Waals surface area contributed by atoms with E-state index in [-0.39, 0.29) is 22.4 Å². The number of aryl methyl sites for hydroxylation is 1. The average Bonchev–Trinajstić information content (AvgIpc) is 2.79. The Labute approximate surface area is 191 Å². The fourth-order valence-corrected chi connectivity index (χ4v) is 4.14. The molecule has 0 aromatic heterocycles. The number of aliphatic hydroxyl groups is 4. The number of benzene rings is 2. The zero-order chi connectivity index (χ0) is 25.1. The SMILES string of the molecule is COc1c(O)cc2c(c1O)C(=O)c1c(cc(C)c(O[C@@H]3O[C@H](CO)[C@@H](O)[C@H](O)[C@H]3O)c1O)C2=O. The summed E-state index contributed by atoms with van der Waals surface area (Å²) >= 11 is 0. The number of hydrogen-bond acceptors (Lipinski definition) is 12. The van der Waals surface area contributed by atoms with E-state index in [2.05, 4.69) is 0 Å². The van der Waals surface area contributed by atoms with E-state index in [0.29, 0.717) is 0 Å². The fraction of sp³-hybridized carbons (Fsp3) is 0.364. The van der Waals surface area contributed by atoms with Gasteiger partial charge < -0.3 is 50.0 Å². The van der Waals surface area contributed by atoms with Crippen molar-refractivity contribution < 1.29 is 59.5 Å². The van der Waals surface area contributed by atoms with Crippen LogP contribution in [-0.4, -0.2) is 91.7 Å². The molecular weight excluding hydrogens is 456 g/mol. The lowest BCUT2D eigenvalue weighted by Crippen LogP contribution is -2.60. The van der Waals surface area contributed by atoms with Crippen LogP contribution in [0.2, 0.25) is 0 Å². The number of ketones is 2. The Morgan fingerprint density at radius 3 is 2.06 bits per heavy atom. The maximum absolute atomic E-state index is 13.2. The second-order valence-corrected chi connectivity index (χ2v) is 7.97. The highest BCUT2D eigenvalue weighted by Gasteiger charge is 2.46. The van der Waals surface area contributed by atoms with E-state index in [1.165, 1.54) is 13.0 Å². The summed E-state index contributed by atoms with van der Waals surface area (Å²) in [6, 6.07) is 2.21. The van der Waals surface area contributed by atoms with Crippen LogP contribution >= 0.6 is 0 Å². The van der Waals surface area contributed by atoms with Crippen LogP contribution in [0.4, 0.5) is 0 Å². The molecule has 1 aliphatic carbocycles. The number of hydrogen-bond donors (Lipinski definition) is 7. The van der Waals surface area contributed by atoms with Crippen LogP contribution < -0.4 is 9.47 Å². The van der Waals surface area contributed by atoms with Gasteiger partial charge in [-0.2, -0.15) is 0 Å². The highest BCUT2D eigenvalue weighted by molar-refractivity contribution is 6.31. The highest BCUT2D eigenvalue weighted by Crippen LogP contribution is 2.48. The first-order valence-electron chi connectivity index (χ1n) is 10.1. The molecule has 0 spiro atoms. The predicted molar refractivity (Wildman–Crippen MR) is 110 cm³/mol. The monoisotopic (exact) mass is 478 g/mol. The van der Waals surface area contributed by atoms with Gasteiger partial charge in [-0.1, -0.05) is 0 Å². The molecule has 5 atom stereocenters. The second-order valence-electron chi connectivity index (χ2n) is 7.97. The smallest absolute Gasteiger partial charge is 0.229 e. The van der Waals surface area contributed by atoms with Crippen molar-refractivity contribution in [2.75, 3.05) is 13.7 Å². The van der Waals surface area contributed by atoms with Crippen LogP contribution in [0.1, 0.15) is 37.4 Å². The molecule has 34 heavy (non-hydrogen) atoms. The van der Waals surface area contributed by atoms with Crippen LogP contribution in [0.5, 0.6) is 28.7 Å². The Balaban J connectivity index is 1.80. The van der Waals surface area contributed by atoms with E-state index < -0.39 is 83.0 Å². The molecule has 1 aliphatic heterocycles. The number of ether oxygens (including phenoxy) is 3. The Morgan fingerprint density at radius 2 is 1.47 bits per heavy atom. The maximum atomic E-state index is 13.2. The number of aromatic hydroxyl groups is 3. The molecule has 2 aromatic rings. The quantitative estimate of drug-likeness (QED) is 0.243. The highest BCUT2D eigenvalue weighted by atomic mass is 16.7. The average molecular weight is 478 g/mol. The summed E-state index contributed by atoms with van der Waals surface area (Å²) < 4.78 is 15.7. The zero-order valence-corrected chi connectivity index (χ0v) is 17.9. The first kappa shape index (κ1) is 23.7. The molecule has 12 nitrogen and oxygen atoms in total. The number of phenols is 3. The molecule has 0 saturated carbocycles. The molecule has 2 aliphatic rings. The first-order valence-corrected chi connectivity index (χ1v) is 10.1. The van der Waals surface area contributed by atoms with Crippen LogP contribution in [0.15, 0.2) is 12.1 Å². The van der Waals surface area contributed by atoms with Crippen molar-refractivity contribution >= 4 is 11.6 Å². The largest absolute Gasteiger partial charge is 0.504 e. The van der Waals surface area contributed by atoms with Gasteiger partial charge in [0.25, 0.3) is 0 Å². The number of methoxy groups -OCH3 is 1. The molecule has 1 saturated heterocycles. The lowest BCUT2D eigenvalue weighted by atomic mass is 9.81. The lowest BCUT2D eigenvalue weighted by Gasteiger charge is -2.39. The van der Waals surface area contributed by atoms with E-state index >= 15 is 0 Å². The summed E-state index contributed by atoms with van der Waals surface area (Å²) in [7, 11) is 1.14. The molecule has 2 aromatic carbocycles. The summed E-state index contributed by atoms with van der Waals surface area (Å²) in [5.74, 6) is -4.70. The summed E-state index contributed by atoms with van der Waals surface area (Å²) in [5.41, 5.74) is -1.39. The van der Waals surface area contributed by atoms with Gasteiger partial charge in [0.15, 0.2) is 28.8 Å². The van der Waals surface area contributed by atoms with Crippen LogP contribution in [0, 0.1) is 6.92 Å². The van der Waals surface area contributed by atoms with Crippen molar-refractivity contribution in [1.82, 2.24) is 0 Å². The Kier molecular flexibility index (Phi) is 5.87. The Morgan fingerprint density at radius 1 is 0.882 bits per heavy atom. The third kappa shape index (κ3) is 3.35. The predicted octanol–water partition coefficient (Wildman–Crippen LogP) is -0.925. The minimum atomic E-state index is -1.79. The van der Waals surface area contributed by atoms with Crippen molar-refractivity contribution in [3.05, 3.63) is 39.9 Å². The van der Waals surface area contributed by atoms with E-state index in [1.54, 1.807) is 0 Å². The van der Waals surface area contributed by atoms with E-state index in [4.69, 9.17) is 14.2 Å². The minimum Gasteiger partial charge on any atom is -0.504 e. The van der Waals surface area contributed by atoms with Gasteiger partial charge >= 0.3 is 0 Å². The molecule has 182 valence electrons. The van der Waals surface area contributed by atoms with E-state index in [1.807, 2.05) is 0 Å². The molecule has 0 bridgehead atoms. The number of phenolic OH excluding ortho intramolecular Hbond substituents is 3. The van der Waals surface area contributed by atoms with Crippen molar-refractivity contribution in [2.24, 2.45) is 0 Å². The standard InChI is InChI=1S/C22H22O12/c1-6-3-7-11(15(27)12-8(13(7)25)4-9(24)21(32-2)17(12)29)16(28)20(6)34-22-19(31)18(30)14(26)10(5-23)33-22/h3-4,10,14,18-19,22-24,26,28-31H,5H2,1-2H3/t10-,14-,18+,19-,22+/m1/s1. The molecular formula is C22H22O12. The first-order chi connectivity index (χ1) is 16.0. The molecule has 4 rings (SSSR count). The number of fused-ring (bicyclic) bond motifs is 2. The van der Waals surface area contributed by atoms with Crippen LogP contribution in [-0.2, 0) is 4.74 Å². The van der Waals surface area contributed by atoms with Gasteiger partial charge in [0, 0.05) is 11.1 Å². The molecule has 1 heterocycles. The molecule has 0 unspecified atom stereocenters. The number of aliphatic hydroxyl groups excluding tert-OH is 4. The maximum Gasteiger partial charge on any atom is 0.229 e. The van der Waals surface area contributed by atoms with Gasteiger partial charge in [0.1, 0.15) is 24.4 Å². The summed E-state index contributed by atoms with van der Waals surface area (Å²) in [6.07, 6.45) is -8.12. The van der Waals surface area contributed by atoms with Crippen molar-refractivity contribution in [2.45, 2.75) is 37.6 Å². The number of carbonyl (C=O) groups is 2. The van der Waals surface area contributed by atoms with Gasteiger partial charge in [-0.15, -0.1) is 0 Å². The van der Waals surface area contributed by atoms with Gasteiger partial charge in [0.2, 0.25) is 17.8 Å². The van der Waals surface area contributed by atoms with Gasteiger partial charge in [0.05, 0.1) is 24.8 Å². The van der Waals surface area contributed by atoms with Gasteiger partial charge in [-0.05, 0) is 24.6 Å². The molecule has 0 radical (unpaired) electrons. The third-order valence-electron chi connectivity index (χ3n) is 5.91. The number of rotatable bonds is 4. The van der Waals surface area contributed by atoms with Crippen molar-refractivity contribution in [3.8, 4) is 28.7 Å². The van der Waals surface area contributed by atoms with Gasteiger partial charge in [-0.3, -0.25) is 9.59 Å². The van der Waals surface area contributed by atoms with E-state index in [9.17, 15) is 45.3 Å². The number of carbonyl (C=O) groups excluding carboxylic acids is 2. The zero-order valence-electron chi connectivity index (χ0n) is 17.9. The van der Waals surface area contributed by atoms with Crippen LogP contribution in [0.25, 0.3) is 0 Å². The van der Waals surface area contributed by atoms with Crippen molar-refractivity contribution in [1.29, 1.82) is 0 Å². The fourth-order valence-electron chi connectivity index (χ4n) is 4.14. The van der Waals surface area contributed by atoms with Gasteiger partial charge in [-0.25, -0.2) is 0 Å². The second kappa shape index (κ2) is 8.42. The lowest BCUT2D eigenvalue weighted by molar-refractivity contribution is -0.277. The molecule has 7 N–H and O–H groups in total. The minimum absolute atomic E-state index is 0.139. The molecule has 1 fully saturated rings. The topological polar surface area (TPSA) is 203 Å². The normalized spacial score (nSPS) is 26.1. The Hall–Kier alpha value is -3.42. The Bertz CT molecular complexity index is 1190. The summed E-state index contributed by atoms with van der Waals surface area (Å²) in [5, 5.41) is 70.9. The van der Waals surface area contributed by atoms with Crippen molar-refractivity contribution in [3.63, 3.8) is 0 Å². The van der Waals surface area contributed by atoms with Crippen LogP contribution in [0.3, 0.4) is 0 Å². The summed E-state index contributed by atoms with van der Waals surface area (Å²) in [6.45, 7) is 0.716. The van der Waals surface area contributed by atoms with E-state index in [0.717, 1.165) is 13.2 Å². The molecule has 0 amide bonds. The molecule has 12 heteroatoms. The third-order valence-corrected chi connectivity index (χ3v) is 5.91. The summed E-state index contributed by atoms with van der Waals surface area (Å²) in [4.78, 5) is 26.3.